The maximum absolute atomic E-state index is 13.2. The molecule has 10 heteroatoms. The van der Waals surface area contributed by atoms with Gasteiger partial charge in [-0.2, -0.15) is 5.26 Å². The first-order valence-electron chi connectivity index (χ1n) is 12.1. The van der Waals surface area contributed by atoms with E-state index in [0.717, 1.165) is 29.3 Å². The fourth-order valence-electron chi connectivity index (χ4n) is 4.77. The van der Waals surface area contributed by atoms with Crippen molar-refractivity contribution in [2.45, 2.75) is 43.7 Å². The maximum Gasteiger partial charge on any atom is 0.268 e. The van der Waals surface area contributed by atoms with Crippen LogP contribution in [0.4, 0.5) is 5.69 Å². The van der Waals surface area contributed by atoms with Crippen LogP contribution in [0.15, 0.2) is 42.5 Å². The average molecular weight is 520 g/mol. The quantitative estimate of drug-likeness (QED) is 0.340. The third-order valence-corrected chi connectivity index (χ3v) is 7.12. The Hall–Kier alpha value is -4.03. The van der Waals surface area contributed by atoms with E-state index in [1.165, 1.54) is 0 Å². The smallest absolute Gasteiger partial charge is 0.268 e. The van der Waals surface area contributed by atoms with Gasteiger partial charge in [-0.25, -0.2) is 0 Å². The van der Waals surface area contributed by atoms with Crippen molar-refractivity contribution in [1.29, 1.82) is 5.26 Å². The number of nitrogens with zero attached hydrogens (tertiary/aromatic N) is 1. The van der Waals surface area contributed by atoms with Gasteiger partial charge in [-0.15, -0.1) is 0 Å². The van der Waals surface area contributed by atoms with Crippen molar-refractivity contribution in [3.63, 3.8) is 0 Å². The number of nitriles is 1. The molecule has 2 heterocycles. The van der Waals surface area contributed by atoms with Gasteiger partial charge in [-0.3, -0.25) is 14.4 Å². The Labute approximate surface area is 218 Å². The number of carbonyl (C=O) groups is 3. The SMILES string of the molecule is COc1cccc2[nH]c(C(=O)NC(CC3CC3)C(=O)NC(C#N)CC3C(=O)Nc4cc(Cl)ccc43)cc12. The van der Waals surface area contributed by atoms with Crippen molar-refractivity contribution in [3.8, 4) is 11.8 Å². The van der Waals surface area contributed by atoms with Crippen molar-refractivity contribution in [2.75, 3.05) is 12.4 Å². The molecule has 0 spiro atoms. The van der Waals surface area contributed by atoms with Gasteiger partial charge < -0.3 is 25.7 Å². The molecular formula is C27H26ClN5O4. The topological polar surface area (TPSA) is 136 Å². The summed E-state index contributed by atoms with van der Waals surface area (Å²) in [5, 5.41) is 19.4. The first-order valence-corrected chi connectivity index (χ1v) is 12.5. The molecule has 1 aromatic heterocycles. The number of anilines is 1. The average Bonchev–Trinajstić information content (AvgIpc) is 3.50. The van der Waals surface area contributed by atoms with E-state index in [1.807, 2.05) is 12.1 Å². The standard InChI is InChI=1S/C27H26ClN5O4/c1-37-24-4-2-3-20-19(24)12-23(31-20)27(36)33-22(9-14-5-6-14)26(35)30-16(13-29)11-18-17-8-7-15(28)10-21(17)32-25(18)34/h2-4,7-8,10,12,14,16,18,22,31H,5-6,9,11H2,1H3,(H,30,35)(H,32,34)(H,33,36). The fourth-order valence-corrected chi connectivity index (χ4v) is 4.94. The second kappa shape index (κ2) is 10.1. The summed E-state index contributed by atoms with van der Waals surface area (Å²) < 4.78 is 5.37. The van der Waals surface area contributed by atoms with Gasteiger partial charge in [0.05, 0.1) is 19.1 Å². The van der Waals surface area contributed by atoms with E-state index in [1.54, 1.807) is 37.4 Å². The Bertz CT molecular complexity index is 1420. The highest BCUT2D eigenvalue weighted by atomic mass is 35.5. The molecule has 2 aliphatic rings. The van der Waals surface area contributed by atoms with Crippen LogP contribution >= 0.6 is 11.6 Å². The number of nitrogens with one attached hydrogen (secondary N) is 4. The molecule has 3 unspecified atom stereocenters. The molecule has 190 valence electrons. The van der Waals surface area contributed by atoms with Gasteiger partial charge >= 0.3 is 0 Å². The summed E-state index contributed by atoms with van der Waals surface area (Å²) >= 11 is 6.02. The molecule has 0 saturated heterocycles. The van der Waals surface area contributed by atoms with Gasteiger partial charge in [-0.1, -0.05) is 36.6 Å². The van der Waals surface area contributed by atoms with Gasteiger partial charge in [-0.05, 0) is 54.7 Å². The zero-order valence-corrected chi connectivity index (χ0v) is 20.9. The molecule has 2 aromatic carbocycles. The van der Waals surface area contributed by atoms with Crippen LogP contribution in [0.25, 0.3) is 10.9 Å². The van der Waals surface area contributed by atoms with Crippen LogP contribution in [0.5, 0.6) is 5.75 Å². The van der Waals surface area contributed by atoms with Gasteiger partial charge in [0.1, 0.15) is 23.5 Å². The fraction of sp³-hybridized carbons (Fsp3) is 0.333. The van der Waals surface area contributed by atoms with E-state index in [9.17, 15) is 19.6 Å². The number of carbonyl (C=O) groups excluding carboxylic acids is 3. The summed E-state index contributed by atoms with van der Waals surface area (Å²) in [5.41, 5.74) is 2.40. The first kappa shape index (κ1) is 24.7. The molecule has 1 aliphatic carbocycles. The highest BCUT2D eigenvalue weighted by molar-refractivity contribution is 6.31. The third-order valence-electron chi connectivity index (χ3n) is 6.89. The number of benzene rings is 2. The lowest BCUT2D eigenvalue weighted by atomic mass is 9.93. The number of amides is 3. The molecule has 0 radical (unpaired) electrons. The summed E-state index contributed by atoms with van der Waals surface area (Å²) in [7, 11) is 1.56. The minimum absolute atomic E-state index is 0.106. The van der Waals surface area contributed by atoms with E-state index in [-0.39, 0.29) is 12.3 Å². The molecule has 0 bridgehead atoms. The van der Waals surface area contributed by atoms with Crippen LogP contribution in [0.2, 0.25) is 5.02 Å². The van der Waals surface area contributed by atoms with Gasteiger partial charge in [0, 0.05) is 21.6 Å². The van der Waals surface area contributed by atoms with E-state index in [2.05, 4.69) is 27.0 Å². The van der Waals surface area contributed by atoms with Crippen molar-refractivity contribution in [3.05, 3.63) is 58.7 Å². The van der Waals surface area contributed by atoms with Gasteiger partial charge in [0.15, 0.2) is 0 Å². The number of aromatic amines is 1. The molecular weight excluding hydrogens is 494 g/mol. The number of hydrogen-bond acceptors (Lipinski definition) is 5. The van der Waals surface area contributed by atoms with Crippen LogP contribution in [0, 0.1) is 17.2 Å². The summed E-state index contributed by atoms with van der Waals surface area (Å²) in [6.07, 6.45) is 2.57. The summed E-state index contributed by atoms with van der Waals surface area (Å²) in [4.78, 5) is 41.9. The minimum Gasteiger partial charge on any atom is -0.496 e. The molecule has 3 aromatic rings. The van der Waals surface area contributed by atoms with Crippen LogP contribution in [0.1, 0.15) is 47.7 Å². The Kier molecular flexibility index (Phi) is 6.76. The first-order chi connectivity index (χ1) is 17.9. The molecule has 5 rings (SSSR count). The van der Waals surface area contributed by atoms with Crippen molar-refractivity contribution in [2.24, 2.45) is 5.92 Å². The Balaban J connectivity index is 1.29. The third kappa shape index (κ3) is 5.25. The highest BCUT2D eigenvalue weighted by Crippen LogP contribution is 2.37. The van der Waals surface area contributed by atoms with Crippen LogP contribution in [-0.4, -0.2) is 41.9 Å². The molecule has 1 saturated carbocycles. The van der Waals surface area contributed by atoms with Crippen molar-refractivity contribution in [1.82, 2.24) is 15.6 Å². The number of aromatic nitrogens is 1. The monoisotopic (exact) mass is 519 g/mol. The van der Waals surface area contributed by atoms with Crippen molar-refractivity contribution < 1.29 is 19.1 Å². The second-order valence-electron chi connectivity index (χ2n) is 9.51. The van der Waals surface area contributed by atoms with Crippen LogP contribution in [0.3, 0.4) is 0 Å². The van der Waals surface area contributed by atoms with Crippen LogP contribution < -0.4 is 20.7 Å². The number of ether oxygens (including phenoxy) is 1. The molecule has 9 nitrogen and oxygen atoms in total. The molecule has 3 amide bonds. The zero-order valence-electron chi connectivity index (χ0n) is 20.1. The number of halogens is 1. The highest BCUT2D eigenvalue weighted by Gasteiger charge is 2.35. The number of methoxy groups -OCH3 is 1. The van der Waals surface area contributed by atoms with E-state index in [0.29, 0.717) is 34.5 Å². The lowest BCUT2D eigenvalue weighted by Gasteiger charge is -2.21. The maximum atomic E-state index is 13.2. The largest absolute Gasteiger partial charge is 0.496 e. The summed E-state index contributed by atoms with van der Waals surface area (Å²) in [6, 6.07) is 12.6. The van der Waals surface area contributed by atoms with Gasteiger partial charge in [0.25, 0.3) is 5.91 Å². The lowest BCUT2D eigenvalue weighted by Crippen LogP contribution is -2.50. The molecule has 37 heavy (non-hydrogen) atoms. The zero-order chi connectivity index (χ0) is 26.1. The van der Waals surface area contributed by atoms with Gasteiger partial charge in [0.2, 0.25) is 11.8 Å². The van der Waals surface area contributed by atoms with E-state index in [4.69, 9.17) is 16.3 Å². The van der Waals surface area contributed by atoms with E-state index >= 15 is 0 Å². The molecule has 3 atom stereocenters. The lowest BCUT2D eigenvalue weighted by molar-refractivity contribution is -0.124. The number of fused-ring (bicyclic) bond motifs is 2. The Morgan fingerprint density at radius 1 is 1.19 bits per heavy atom. The van der Waals surface area contributed by atoms with E-state index < -0.39 is 29.8 Å². The van der Waals surface area contributed by atoms with Crippen LogP contribution in [-0.2, 0) is 9.59 Å². The predicted molar refractivity (Wildman–Crippen MR) is 138 cm³/mol. The molecule has 1 fully saturated rings. The summed E-state index contributed by atoms with van der Waals surface area (Å²) in [5.74, 6) is -0.726. The number of rotatable bonds is 9. The van der Waals surface area contributed by atoms with Crippen molar-refractivity contribution >= 4 is 45.9 Å². The summed E-state index contributed by atoms with van der Waals surface area (Å²) in [6.45, 7) is 0. The minimum atomic E-state index is -0.916. The normalized spacial score (nSPS) is 17.9. The molecule has 4 N–H and O–H groups in total. The second-order valence-corrected chi connectivity index (χ2v) is 9.95. The predicted octanol–water partition coefficient (Wildman–Crippen LogP) is 3.86. The number of hydrogen-bond donors (Lipinski definition) is 4. The Morgan fingerprint density at radius 2 is 2.00 bits per heavy atom. The Morgan fingerprint density at radius 3 is 2.73 bits per heavy atom. The number of H-pyrrole nitrogens is 1. The molecule has 1 aliphatic heterocycles.